The predicted octanol–water partition coefficient (Wildman–Crippen LogP) is 5.06. The molecule has 0 bridgehead atoms. The number of hydrogen-bond acceptors (Lipinski definition) is 2. The van der Waals surface area contributed by atoms with Gasteiger partial charge in [-0.15, -0.1) is 0 Å². The average molecular weight is 315 g/mol. The molecular weight excluding hydrogens is 302 g/mol. The molecule has 0 unspecified atom stereocenters. The highest BCUT2D eigenvalue weighted by Gasteiger charge is 2.16. The van der Waals surface area contributed by atoms with Crippen molar-refractivity contribution in [3.63, 3.8) is 0 Å². The maximum Gasteiger partial charge on any atom is 0.240 e. The number of hydrogen-bond donors (Lipinski definition) is 0. The van der Waals surface area contributed by atoms with Crippen LogP contribution in [0.5, 0.6) is 0 Å². The monoisotopic (exact) mass is 313 g/mol. The molecule has 0 amide bonds. The van der Waals surface area contributed by atoms with E-state index in [0.29, 0.717) is 4.47 Å². The summed E-state index contributed by atoms with van der Waals surface area (Å²) in [4.78, 5) is 0. The minimum atomic E-state index is 0.150. The fourth-order valence-electron chi connectivity index (χ4n) is 1.57. The first-order valence-electron chi connectivity index (χ1n) is 5.31. The van der Waals surface area contributed by atoms with Crippen molar-refractivity contribution in [1.82, 2.24) is 5.16 Å². The van der Waals surface area contributed by atoms with Crippen molar-refractivity contribution in [3.05, 3.63) is 39.5 Å². The Morgan fingerprint density at radius 3 is 2.18 bits per heavy atom. The fourth-order valence-corrected chi connectivity index (χ4v) is 2.06. The summed E-state index contributed by atoms with van der Waals surface area (Å²) < 4.78 is 5.61. The molecule has 0 aliphatic heterocycles. The molecule has 0 N–H and O–H groups in total. The molecule has 1 heterocycles. The molecule has 1 aromatic heterocycles. The van der Waals surface area contributed by atoms with Crippen LogP contribution in [0.15, 0.2) is 33.3 Å². The molecule has 0 aliphatic carbocycles. The Kier molecular flexibility index (Phi) is 3.32. The van der Waals surface area contributed by atoms with Gasteiger partial charge < -0.3 is 4.52 Å². The summed E-state index contributed by atoms with van der Waals surface area (Å²) in [6.45, 7) is 6.56. The standard InChI is InChI=1S/C13H13BrClNO/c1-13(2,3)9-6-4-8(5-7-9)11-10(14)12(15)17-16-11/h4-7H,1-3H3. The normalized spacial score (nSPS) is 11.8. The highest BCUT2D eigenvalue weighted by molar-refractivity contribution is 9.10. The molecule has 1 aromatic carbocycles. The van der Waals surface area contributed by atoms with Crippen LogP contribution >= 0.6 is 27.5 Å². The van der Waals surface area contributed by atoms with E-state index in [2.05, 4.69) is 54.0 Å². The van der Waals surface area contributed by atoms with Gasteiger partial charge in [-0.1, -0.05) is 50.2 Å². The maximum atomic E-state index is 5.81. The Labute approximate surface area is 114 Å². The van der Waals surface area contributed by atoms with E-state index in [1.807, 2.05) is 12.1 Å². The number of halogens is 2. The van der Waals surface area contributed by atoms with Crippen LogP contribution < -0.4 is 0 Å². The molecule has 0 radical (unpaired) electrons. The zero-order valence-corrected chi connectivity index (χ0v) is 12.3. The summed E-state index contributed by atoms with van der Waals surface area (Å²) in [6, 6.07) is 8.26. The van der Waals surface area contributed by atoms with Gasteiger partial charge in [0.05, 0.1) is 0 Å². The van der Waals surface area contributed by atoms with Crippen molar-refractivity contribution in [2.24, 2.45) is 0 Å². The molecule has 90 valence electrons. The SMILES string of the molecule is CC(C)(C)c1ccc(-c2noc(Cl)c2Br)cc1. The van der Waals surface area contributed by atoms with Crippen molar-refractivity contribution in [2.75, 3.05) is 0 Å². The second-order valence-corrected chi connectivity index (χ2v) is 6.08. The van der Waals surface area contributed by atoms with Crippen LogP contribution in [-0.4, -0.2) is 5.16 Å². The summed E-state index contributed by atoms with van der Waals surface area (Å²) in [6.07, 6.45) is 0. The smallest absolute Gasteiger partial charge is 0.240 e. The van der Waals surface area contributed by atoms with Crippen molar-refractivity contribution in [3.8, 4) is 11.3 Å². The Bertz CT molecular complexity index is 525. The fraction of sp³-hybridized carbons (Fsp3) is 0.308. The van der Waals surface area contributed by atoms with Gasteiger partial charge in [-0.2, -0.15) is 0 Å². The van der Waals surface area contributed by atoms with Crippen LogP contribution in [0.4, 0.5) is 0 Å². The van der Waals surface area contributed by atoms with Crippen LogP contribution in [0.25, 0.3) is 11.3 Å². The lowest BCUT2D eigenvalue weighted by molar-refractivity contribution is 0.423. The van der Waals surface area contributed by atoms with E-state index in [1.165, 1.54) is 5.56 Å². The first-order valence-corrected chi connectivity index (χ1v) is 6.48. The van der Waals surface area contributed by atoms with Crippen molar-refractivity contribution in [2.45, 2.75) is 26.2 Å². The molecule has 0 saturated heterocycles. The van der Waals surface area contributed by atoms with E-state index in [1.54, 1.807) is 0 Å². The first-order chi connectivity index (χ1) is 7.89. The van der Waals surface area contributed by atoms with Gasteiger partial charge >= 0.3 is 0 Å². The van der Waals surface area contributed by atoms with Gasteiger partial charge in [0.15, 0.2) is 0 Å². The summed E-state index contributed by atoms with van der Waals surface area (Å²) >= 11 is 9.16. The summed E-state index contributed by atoms with van der Waals surface area (Å²) in [5.74, 6) is 0. The summed E-state index contributed by atoms with van der Waals surface area (Å²) in [5.41, 5.74) is 3.15. The van der Waals surface area contributed by atoms with Gasteiger partial charge in [0.25, 0.3) is 0 Å². The number of aromatic nitrogens is 1. The molecule has 0 atom stereocenters. The Morgan fingerprint density at radius 2 is 1.76 bits per heavy atom. The molecule has 0 saturated carbocycles. The summed E-state index contributed by atoms with van der Waals surface area (Å²) in [7, 11) is 0. The van der Waals surface area contributed by atoms with Gasteiger partial charge in [0.2, 0.25) is 5.22 Å². The quantitative estimate of drug-likeness (QED) is 0.735. The molecule has 2 nitrogen and oxygen atoms in total. The van der Waals surface area contributed by atoms with Crippen molar-refractivity contribution < 1.29 is 4.52 Å². The summed E-state index contributed by atoms with van der Waals surface area (Å²) in [5, 5.41) is 4.20. The van der Waals surface area contributed by atoms with E-state index in [9.17, 15) is 0 Å². The van der Waals surface area contributed by atoms with Crippen LogP contribution in [0.1, 0.15) is 26.3 Å². The molecule has 2 aromatic rings. The lowest BCUT2D eigenvalue weighted by atomic mass is 9.86. The lowest BCUT2D eigenvalue weighted by Gasteiger charge is -2.18. The minimum absolute atomic E-state index is 0.150. The molecule has 2 rings (SSSR count). The largest absolute Gasteiger partial charge is 0.343 e. The number of benzene rings is 1. The predicted molar refractivity (Wildman–Crippen MR) is 73.3 cm³/mol. The molecule has 0 aliphatic rings. The van der Waals surface area contributed by atoms with Crippen LogP contribution in [0.2, 0.25) is 5.22 Å². The second-order valence-electron chi connectivity index (χ2n) is 4.95. The zero-order valence-electron chi connectivity index (χ0n) is 9.92. The van der Waals surface area contributed by atoms with Crippen LogP contribution in [-0.2, 0) is 5.41 Å². The second kappa shape index (κ2) is 4.46. The first kappa shape index (κ1) is 12.7. The van der Waals surface area contributed by atoms with Gasteiger partial charge in [0.1, 0.15) is 10.2 Å². The number of nitrogens with zero attached hydrogens (tertiary/aromatic N) is 1. The molecule has 4 heteroatoms. The van der Waals surface area contributed by atoms with E-state index in [4.69, 9.17) is 16.1 Å². The third-order valence-corrected chi connectivity index (χ3v) is 3.84. The molecular formula is C13H13BrClNO. The third-order valence-electron chi connectivity index (χ3n) is 2.62. The minimum Gasteiger partial charge on any atom is -0.343 e. The van der Waals surface area contributed by atoms with Crippen LogP contribution in [0, 0.1) is 0 Å². The number of rotatable bonds is 1. The average Bonchev–Trinajstić information content (AvgIpc) is 2.59. The topological polar surface area (TPSA) is 26.0 Å². The Balaban J connectivity index is 2.40. The van der Waals surface area contributed by atoms with Gasteiger partial charge in [-0.05, 0) is 38.5 Å². The van der Waals surface area contributed by atoms with Crippen LogP contribution in [0.3, 0.4) is 0 Å². The molecule has 0 spiro atoms. The van der Waals surface area contributed by atoms with E-state index in [0.717, 1.165) is 11.3 Å². The highest BCUT2D eigenvalue weighted by Crippen LogP contribution is 2.34. The molecule has 0 fully saturated rings. The van der Waals surface area contributed by atoms with Crippen molar-refractivity contribution in [1.29, 1.82) is 0 Å². The zero-order chi connectivity index (χ0) is 12.6. The highest BCUT2D eigenvalue weighted by atomic mass is 79.9. The maximum absolute atomic E-state index is 5.81. The van der Waals surface area contributed by atoms with E-state index in [-0.39, 0.29) is 10.6 Å². The van der Waals surface area contributed by atoms with E-state index >= 15 is 0 Å². The Hall–Kier alpha value is -0.800. The van der Waals surface area contributed by atoms with Crippen molar-refractivity contribution >= 4 is 27.5 Å². The lowest BCUT2D eigenvalue weighted by Crippen LogP contribution is -2.10. The van der Waals surface area contributed by atoms with Gasteiger partial charge in [-0.3, -0.25) is 0 Å². The van der Waals surface area contributed by atoms with Gasteiger partial charge in [-0.25, -0.2) is 0 Å². The van der Waals surface area contributed by atoms with E-state index < -0.39 is 0 Å². The third kappa shape index (κ3) is 2.55. The molecule has 17 heavy (non-hydrogen) atoms. The Morgan fingerprint density at radius 1 is 1.18 bits per heavy atom. The van der Waals surface area contributed by atoms with Gasteiger partial charge in [0, 0.05) is 5.56 Å².